The molecule has 0 spiro atoms. The molecule has 0 fully saturated rings. The summed E-state index contributed by atoms with van der Waals surface area (Å²) in [6.07, 6.45) is 59.3. The Hall–Kier alpha value is -1.02. The van der Waals surface area contributed by atoms with Crippen LogP contribution in [0.1, 0.15) is 277 Å². The van der Waals surface area contributed by atoms with Crippen LogP contribution in [0.2, 0.25) is 0 Å². The van der Waals surface area contributed by atoms with Crippen molar-refractivity contribution in [2.24, 2.45) is 0 Å². The van der Waals surface area contributed by atoms with Crippen LogP contribution in [-0.2, 0) is 18.4 Å². The Bertz CT molecular complexity index is 1110. The van der Waals surface area contributed by atoms with Crippen LogP contribution in [0.5, 0.6) is 0 Å². The number of quaternary nitrogens is 1. The van der Waals surface area contributed by atoms with E-state index in [2.05, 4.69) is 43.5 Å². The zero-order chi connectivity index (χ0) is 47.8. The van der Waals surface area contributed by atoms with Gasteiger partial charge in [0.25, 0.3) is 7.82 Å². The van der Waals surface area contributed by atoms with E-state index in [0.717, 1.165) is 64.2 Å². The molecule has 0 aromatic carbocycles. The third-order valence-corrected chi connectivity index (χ3v) is 13.9. The van der Waals surface area contributed by atoms with E-state index >= 15 is 0 Å². The summed E-state index contributed by atoms with van der Waals surface area (Å²) in [5.74, 6) is -0.176. The molecule has 0 heterocycles. The monoisotopic (exact) mass is 939 g/mol. The number of allylic oxidation sites excluding steroid dienone is 4. The molecule has 0 saturated carbocycles. The predicted octanol–water partition coefficient (Wildman–Crippen LogP) is 16.2. The standard InChI is InChI=1S/C56H111N2O6P/c1-6-8-10-12-14-16-18-20-22-23-24-25-26-27-28-29-30-31-32-33-34-35-36-37-39-41-43-45-47-49-55(59)54(53-64-65(61,62)63-52-51-58(3,4)5)57-56(60)50-48-46-44-42-40-38-21-19-17-15-13-11-9-7-2/h13,15,19,21,54-55,59H,6-12,14,16-18,20,22-53H2,1-5H3,(H-,57,60,61,62)/b15-13-,21-19-. The summed E-state index contributed by atoms with van der Waals surface area (Å²) in [7, 11) is 1.30. The van der Waals surface area contributed by atoms with Gasteiger partial charge in [-0.1, -0.05) is 256 Å². The summed E-state index contributed by atoms with van der Waals surface area (Å²) >= 11 is 0. The van der Waals surface area contributed by atoms with Gasteiger partial charge in [0.05, 0.1) is 39.9 Å². The summed E-state index contributed by atoms with van der Waals surface area (Å²) in [5.41, 5.74) is 0. The second kappa shape index (κ2) is 48.0. The third-order valence-electron chi connectivity index (χ3n) is 12.9. The molecule has 0 bridgehead atoms. The van der Waals surface area contributed by atoms with Crippen molar-refractivity contribution in [2.75, 3.05) is 40.9 Å². The maximum absolute atomic E-state index is 12.9. The molecule has 9 heteroatoms. The minimum Gasteiger partial charge on any atom is -0.756 e. The number of aliphatic hydroxyl groups excluding tert-OH is 1. The fourth-order valence-corrected chi connectivity index (χ4v) is 9.19. The molecular formula is C56H111N2O6P. The Morgan fingerprint density at radius 1 is 0.538 bits per heavy atom. The highest BCUT2D eigenvalue weighted by Crippen LogP contribution is 2.38. The number of aliphatic hydroxyl groups is 1. The summed E-state index contributed by atoms with van der Waals surface area (Å²) in [6.45, 7) is 4.70. The molecule has 0 aromatic heterocycles. The van der Waals surface area contributed by atoms with Crippen LogP contribution in [0.3, 0.4) is 0 Å². The molecule has 0 saturated heterocycles. The van der Waals surface area contributed by atoms with Crippen molar-refractivity contribution in [2.45, 2.75) is 289 Å². The first-order chi connectivity index (χ1) is 31.5. The molecule has 1 amide bonds. The van der Waals surface area contributed by atoms with E-state index in [1.54, 1.807) is 0 Å². The minimum absolute atomic E-state index is 0.0102. The molecule has 0 aliphatic heterocycles. The number of hydrogen-bond donors (Lipinski definition) is 2. The van der Waals surface area contributed by atoms with Gasteiger partial charge in [-0.2, -0.15) is 0 Å². The third kappa shape index (κ3) is 50.7. The lowest BCUT2D eigenvalue weighted by Crippen LogP contribution is -2.46. The van der Waals surface area contributed by atoms with E-state index in [1.807, 2.05) is 21.1 Å². The van der Waals surface area contributed by atoms with Crippen LogP contribution in [-0.4, -0.2) is 68.5 Å². The summed E-state index contributed by atoms with van der Waals surface area (Å²) in [4.78, 5) is 25.4. The van der Waals surface area contributed by atoms with E-state index in [1.165, 1.54) is 186 Å². The molecule has 386 valence electrons. The normalized spacial score (nSPS) is 14.1. The summed E-state index contributed by atoms with van der Waals surface area (Å²) in [6, 6.07) is -0.807. The van der Waals surface area contributed by atoms with Crippen molar-refractivity contribution in [3.8, 4) is 0 Å². The zero-order valence-electron chi connectivity index (χ0n) is 44.0. The van der Waals surface area contributed by atoms with Crippen LogP contribution in [0.4, 0.5) is 0 Å². The Balaban J connectivity index is 4.07. The highest BCUT2D eigenvalue weighted by Gasteiger charge is 2.24. The lowest BCUT2D eigenvalue weighted by Gasteiger charge is -2.30. The molecule has 3 atom stereocenters. The van der Waals surface area contributed by atoms with E-state index < -0.39 is 20.0 Å². The van der Waals surface area contributed by atoms with Crippen LogP contribution < -0.4 is 10.2 Å². The first kappa shape index (κ1) is 64.0. The van der Waals surface area contributed by atoms with Crippen molar-refractivity contribution >= 4 is 13.7 Å². The van der Waals surface area contributed by atoms with Crippen molar-refractivity contribution < 1.29 is 32.9 Å². The number of rotatable bonds is 52. The average Bonchev–Trinajstić information content (AvgIpc) is 3.26. The molecule has 8 nitrogen and oxygen atoms in total. The predicted molar refractivity (Wildman–Crippen MR) is 279 cm³/mol. The van der Waals surface area contributed by atoms with E-state index in [-0.39, 0.29) is 19.1 Å². The van der Waals surface area contributed by atoms with Gasteiger partial charge >= 0.3 is 0 Å². The summed E-state index contributed by atoms with van der Waals surface area (Å²) in [5, 5.41) is 14.0. The fraction of sp³-hybridized carbons (Fsp3) is 0.911. The molecule has 65 heavy (non-hydrogen) atoms. The second-order valence-electron chi connectivity index (χ2n) is 20.6. The molecule has 2 N–H and O–H groups in total. The van der Waals surface area contributed by atoms with Crippen molar-refractivity contribution in [3.63, 3.8) is 0 Å². The molecule has 0 aromatic rings. The number of amides is 1. The fourth-order valence-electron chi connectivity index (χ4n) is 8.47. The van der Waals surface area contributed by atoms with Crippen LogP contribution >= 0.6 is 7.82 Å². The van der Waals surface area contributed by atoms with Gasteiger partial charge in [-0.15, -0.1) is 0 Å². The summed E-state index contributed by atoms with van der Waals surface area (Å²) < 4.78 is 23.4. The maximum Gasteiger partial charge on any atom is 0.268 e. The first-order valence-corrected chi connectivity index (χ1v) is 29.6. The van der Waals surface area contributed by atoms with Gasteiger partial charge in [0.15, 0.2) is 0 Å². The Morgan fingerprint density at radius 2 is 0.908 bits per heavy atom. The van der Waals surface area contributed by atoms with Gasteiger partial charge in [-0.05, 0) is 38.5 Å². The number of carbonyl (C=O) groups excluding carboxylic acids is 1. The molecular weight excluding hydrogens is 828 g/mol. The molecule has 0 aliphatic carbocycles. The highest BCUT2D eigenvalue weighted by atomic mass is 31.2. The van der Waals surface area contributed by atoms with Crippen molar-refractivity contribution in [3.05, 3.63) is 24.3 Å². The number of nitrogens with zero attached hydrogens (tertiary/aromatic N) is 1. The van der Waals surface area contributed by atoms with Crippen LogP contribution in [0.15, 0.2) is 24.3 Å². The largest absolute Gasteiger partial charge is 0.756 e. The van der Waals surface area contributed by atoms with Crippen LogP contribution in [0, 0.1) is 0 Å². The number of likely N-dealkylation sites (N-methyl/N-ethyl adjacent to an activating group) is 1. The number of phosphoric acid groups is 1. The lowest BCUT2D eigenvalue weighted by molar-refractivity contribution is -0.870. The topological polar surface area (TPSA) is 108 Å². The van der Waals surface area contributed by atoms with E-state index in [0.29, 0.717) is 23.9 Å². The highest BCUT2D eigenvalue weighted by molar-refractivity contribution is 7.45. The minimum atomic E-state index is -4.57. The van der Waals surface area contributed by atoms with E-state index in [4.69, 9.17) is 9.05 Å². The Morgan fingerprint density at radius 3 is 1.32 bits per heavy atom. The van der Waals surface area contributed by atoms with Gasteiger partial charge in [0.1, 0.15) is 13.2 Å². The number of phosphoric ester groups is 1. The smallest absolute Gasteiger partial charge is 0.268 e. The quantitative estimate of drug-likeness (QED) is 0.0272. The van der Waals surface area contributed by atoms with E-state index in [9.17, 15) is 19.4 Å². The van der Waals surface area contributed by atoms with Gasteiger partial charge in [-0.25, -0.2) is 0 Å². The van der Waals surface area contributed by atoms with Gasteiger partial charge in [0.2, 0.25) is 5.91 Å². The van der Waals surface area contributed by atoms with Gasteiger partial charge in [-0.3, -0.25) is 9.36 Å². The number of carbonyl (C=O) groups is 1. The number of nitrogens with one attached hydrogen (secondary N) is 1. The Labute approximate surface area is 404 Å². The maximum atomic E-state index is 12.9. The van der Waals surface area contributed by atoms with Crippen LogP contribution in [0.25, 0.3) is 0 Å². The first-order valence-electron chi connectivity index (χ1n) is 28.2. The number of hydrogen-bond acceptors (Lipinski definition) is 6. The van der Waals surface area contributed by atoms with Gasteiger partial charge in [0, 0.05) is 6.42 Å². The zero-order valence-corrected chi connectivity index (χ0v) is 44.9. The molecule has 0 aliphatic rings. The second-order valence-corrected chi connectivity index (χ2v) is 22.1. The average molecular weight is 939 g/mol. The SMILES string of the molecule is CCCC/C=C\C/C=C\CCCCCCCC(=O)NC(COP(=O)([O-])OCC[N+](C)(C)C)C(O)CCCCCCCCCCCCCCCCCCCCCCCCCCCCCCC. The van der Waals surface area contributed by atoms with Crippen molar-refractivity contribution in [1.29, 1.82) is 0 Å². The Kier molecular flexibility index (Phi) is 47.3. The van der Waals surface area contributed by atoms with Crippen molar-refractivity contribution in [1.82, 2.24) is 5.32 Å². The molecule has 3 unspecified atom stereocenters. The van der Waals surface area contributed by atoms with Gasteiger partial charge < -0.3 is 28.8 Å². The molecule has 0 rings (SSSR count). The number of unbranched alkanes of at least 4 members (excludes halogenated alkanes) is 35. The lowest BCUT2D eigenvalue weighted by atomic mass is 10.0. The molecule has 0 radical (unpaired) electrons.